The van der Waals surface area contributed by atoms with Crippen LogP contribution in [0.3, 0.4) is 0 Å². The van der Waals surface area contributed by atoms with E-state index in [2.05, 4.69) is 10.6 Å². The molecule has 1 amide bonds. The van der Waals surface area contributed by atoms with Crippen LogP contribution in [0.15, 0.2) is 30.3 Å². The van der Waals surface area contributed by atoms with Gasteiger partial charge >= 0.3 is 0 Å². The first-order chi connectivity index (χ1) is 10.6. The number of hydrogen-bond donors (Lipinski definition) is 2. The van der Waals surface area contributed by atoms with Gasteiger partial charge in [-0.25, -0.2) is 0 Å². The van der Waals surface area contributed by atoms with Gasteiger partial charge in [0.2, 0.25) is 5.91 Å². The Morgan fingerprint density at radius 1 is 1.18 bits per heavy atom. The van der Waals surface area contributed by atoms with E-state index in [-0.39, 0.29) is 5.91 Å². The summed E-state index contributed by atoms with van der Waals surface area (Å²) >= 11 is 11.2. The third kappa shape index (κ3) is 5.78. The highest BCUT2D eigenvalue weighted by atomic mass is 35.5. The molecule has 3 nitrogen and oxygen atoms in total. The first-order valence-corrected chi connectivity index (χ1v) is 8.48. The summed E-state index contributed by atoms with van der Waals surface area (Å²) < 4.78 is 0. The fraction of sp³-hybridized carbons (Fsp3) is 0.412. The third-order valence-corrected chi connectivity index (χ3v) is 4.31. The number of carbonyl (C=O) groups is 1. The number of carbonyl (C=O) groups excluding carboxylic acids is 1. The zero-order valence-electron chi connectivity index (χ0n) is 12.5. The SMILES string of the molecule is O=C(/C=C/c1ccccc1Cl)NC(=S)NC1CCCCCC1. The second-order valence-corrected chi connectivity index (χ2v) is 6.32. The Labute approximate surface area is 142 Å². The maximum atomic E-state index is 11.9. The molecule has 1 aromatic rings. The Balaban J connectivity index is 1.81. The minimum atomic E-state index is -0.244. The molecule has 0 radical (unpaired) electrons. The highest BCUT2D eigenvalue weighted by Crippen LogP contribution is 2.17. The first-order valence-electron chi connectivity index (χ1n) is 7.69. The lowest BCUT2D eigenvalue weighted by atomic mass is 10.1. The Hall–Kier alpha value is -1.39. The molecule has 0 bridgehead atoms. The van der Waals surface area contributed by atoms with Gasteiger partial charge in [-0.2, -0.15) is 0 Å². The maximum absolute atomic E-state index is 11.9. The largest absolute Gasteiger partial charge is 0.360 e. The molecule has 0 spiro atoms. The molecule has 1 aromatic carbocycles. The minimum absolute atomic E-state index is 0.244. The topological polar surface area (TPSA) is 41.1 Å². The van der Waals surface area contributed by atoms with Crippen LogP contribution in [-0.4, -0.2) is 17.1 Å². The lowest BCUT2D eigenvalue weighted by molar-refractivity contribution is -0.115. The van der Waals surface area contributed by atoms with Crippen LogP contribution in [0.25, 0.3) is 6.08 Å². The standard InChI is InChI=1S/C17H21ClN2OS/c18-15-10-6-5-7-13(15)11-12-16(21)20-17(22)19-14-8-3-1-2-4-9-14/h5-7,10-12,14H,1-4,8-9H2,(H2,19,20,21,22)/b12-11+. The average Bonchev–Trinajstić information content (AvgIpc) is 2.75. The van der Waals surface area contributed by atoms with Crippen LogP contribution >= 0.6 is 23.8 Å². The van der Waals surface area contributed by atoms with Gasteiger partial charge in [0.15, 0.2) is 5.11 Å². The van der Waals surface area contributed by atoms with E-state index in [0.717, 1.165) is 18.4 Å². The van der Waals surface area contributed by atoms with Crippen LogP contribution in [-0.2, 0) is 4.79 Å². The van der Waals surface area contributed by atoms with Crippen LogP contribution in [0.2, 0.25) is 5.02 Å². The number of rotatable bonds is 3. The van der Waals surface area contributed by atoms with Gasteiger partial charge in [-0.15, -0.1) is 0 Å². The van der Waals surface area contributed by atoms with Gasteiger partial charge in [0.05, 0.1) is 0 Å². The van der Waals surface area contributed by atoms with E-state index < -0.39 is 0 Å². The molecular formula is C17H21ClN2OS. The molecule has 1 fully saturated rings. The predicted octanol–water partition coefficient (Wildman–Crippen LogP) is 4.07. The van der Waals surface area contributed by atoms with Crippen molar-refractivity contribution in [3.05, 3.63) is 40.9 Å². The lowest BCUT2D eigenvalue weighted by Gasteiger charge is -2.17. The quantitative estimate of drug-likeness (QED) is 0.496. The van der Waals surface area contributed by atoms with Crippen molar-refractivity contribution in [2.24, 2.45) is 0 Å². The summed E-state index contributed by atoms with van der Waals surface area (Å²) in [5.74, 6) is -0.244. The van der Waals surface area contributed by atoms with Crippen molar-refractivity contribution in [1.82, 2.24) is 10.6 Å². The second-order valence-electron chi connectivity index (χ2n) is 5.51. The van der Waals surface area contributed by atoms with Gasteiger partial charge in [-0.3, -0.25) is 10.1 Å². The van der Waals surface area contributed by atoms with Crippen LogP contribution in [0.5, 0.6) is 0 Å². The van der Waals surface area contributed by atoms with Gasteiger partial charge in [0.25, 0.3) is 0 Å². The van der Waals surface area contributed by atoms with Gasteiger partial charge in [0, 0.05) is 17.1 Å². The third-order valence-electron chi connectivity index (χ3n) is 3.75. The summed E-state index contributed by atoms with van der Waals surface area (Å²) in [7, 11) is 0. The van der Waals surface area contributed by atoms with E-state index in [4.69, 9.17) is 23.8 Å². The average molecular weight is 337 g/mol. The van der Waals surface area contributed by atoms with Crippen LogP contribution in [0.4, 0.5) is 0 Å². The Kier molecular flexibility index (Phi) is 6.87. The highest BCUT2D eigenvalue weighted by Gasteiger charge is 2.13. The van der Waals surface area contributed by atoms with E-state index in [9.17, 15) is 4.79 Å². The second kappa shape index (κ2) is 8.91. The van der Waals surface area contributed by atoms with Gasteiger partial charge in [-0.1, -0.05) is 55.5 Å². The molecule has 0 unspecified atom stereocenters. The lowest BCUT2D eigenvalue weighted by Crippen LogP contribution is -2.43. The molecule has 0 atom stereocenters. The molecule has 0 aliphatic heterocycles. The Morgan fingerprint density at radius 3 is 2.55 bits per heavy atom. The minimum Gasteiger partial charge on any atom is -0.360 e. The van der Waals surface area contributed by atoms with Crippen molar-refractivity contribution in [1.29, 1.82) is 0 Å². The van der Waals surface area contributed by atoms with E-state index >= 15 is 0 Å². The van der Waals surface area contributed by atoms with Crippen LogP contribution in [0, 0.1) is 0 Å². The number of amides is 1. The fourth-order valence-corrected chi connectivity index (χ4v) is 3.04. The van der Waals surface area contributed by atoms with Crippen molar-refractivity contribution in [3.63, 3.8) is 0 Å². The van der Waals surface area contributed by atoms with E-state index in [1.165, 1.54) is 31.8 Å². The fourth-order valence-electron chi connectivity index (χ4n) is 2.57. The van der Waals surface area contributed by atoms with E-state index in [1.54, 1.807) is 12.1 Å². The summed E-state index contributed by atoms with van der Waals surface area (Å²) in [6, 6.07) is 7.75. The van der Waals surface area contributed by atoms with Crippen molar-refractivity contribution in [2.75, 3.05) is 0 Å². The smallest absolute Gasteiger partial charge is 0.250 e. The summed E-state index contributed by atoms with van der Waals surface area (Å²) in [4.78, 5) is 11.9. The van der Waals surface area contributed by atoms with Crippen LogP contribution in [0.1, 0.15) is 44.1 Å². The van der Waals surface area contributed by atoms with Crippen molar-refractivity contribution < 1.29 is 4.79 Å². The highest BCUT2D eigenvalue weighted by molar-refractivity contribution is 7.80. The van der Waals surface area contributed by atoms with Gasteiger partial charge in [-0.05, 0) is 42.8 Å². The Bertz CT molecular complexity index is 551. The summed E-state index contributed by atoms with van der Waals surface area (Å²) in [5, 5.41) is 6.95. The molecule has 118 valence electrons. The molecule has 22 heavy (non-hydrogen) atoms. The van der Waals surface area contributed by atoms with E-state index in [1.807, 2.05) is 18.2 Å². The normalized spacial score (nSPS) is 16.2. The van der Waals surface area contributed by atoms with Gasteiger partial charge in [0.1, 0.15) is 0 Å². The number of thiocarbonyl (C=S) groups is 1. The zero-order valence-corrected chi connectivity index (χ0v) is 14.1. The molecule has 0 saturated heterocycles. The van der Waals surface area contributed by atoms with E-state index in [0.29, 0.717) is 16.2 Å². The number of nitrogens with one attached hydrogen (secondary N) is 2. The Morgan fingerprint density at radius 2 is 1.86 bits per heavy atom. The van der Waals surface area contributed by atoms with Crippen LogP contribution < -0.4 is 10.6 Å². The summed E-state index contributed by atoms with van der Waals surface area (Å²) in [6.07, 6.45) is 10.4. The zero-order chi connectivity index (χ0) is 15.8. The van der Waals surface area contributed by atoms with Gasteiger partial charge < -0.3 is 5.32 Å². The number of hydrogen-bond acceptors (Lipinski definition) is 2. The molecule has 5 heteroatoms. The number of benzene rings is 1. The van der Waals surface area contributed by atoms with Crippen molar-refractivity contribution in [2.45, 2.75) is 44.6 Å². The molecule has 2 N–H and O–H groups in total. The predicted molar refractivity (Wildman–Crippen MR) is 95.9 cm³/mol. The molecule has 1 saturated carbocycles. The molecule has 1 aliphatic carbocycles. The first kappa shape index (κ1) is 17.0. The van der Waals surface area contributed by atoms with Crippen molar-refractivity contribution >= 4 is 40.9 Å². The monoisotopic (exact) mass is 336 g/mol. The molecule has 0 aromatic heterocycles. The summed E-state index contributed by atoms with van der Waals surface area (Å²) in [5.41, 5.74) is 0.807. The number of halogens is 1. The molecule has 0 heterocycles. The molecule has 2 rings (SSSR count). The summed E-state index contributed by atoms with van der Waals surface area (Å²) in [6.45, 7) is 0. The molecule has 1 aliphatic rings. The maximum Gasteiger partial charge on any atom is 0.250 e. The van der Waals surface area contributed by atoms with Crippen molar-refractivity contribution in [3.8, 4) is 0 Å². The molecular weight excluding hydrogens is 316 g/mol.